The molecule has 0 saturated carbocycles. The lowest BCUT2D eigenvalue weighted by atomic mass is 10.1. The van der Waals surface area contributed by atoms with Crippen molar-refractivity contribution < 1.29 is 14.3 Å². The molecule has 2 heterocycles. The molecule has 0 aromatic carbocycles. The lowest BCUT2D eigenvalue weighted by Crippen LogP contribution is -2.47. The number of hydrogen-bond acceptors (Lipinski definition) is 6. The number of nitrogens with one attached hydrogen (secondary N) is 2. The monoisotopic (exact) mass is 349 g/mol. The topological polar surface area (TPSA) is 110 Å². The molecule has 25 heavy (non-hydrogen) atoms. The van der Waals surface area contributed by atoms with E-state index in [0.717, 1.165) is 24.5 Å². The number of hydrogen-bond donors (Lipinski definition) is 3. The van der Waals surface area contributed by atoms with Crippen LogP contribution in [0.5, 0.6) is 0 Å². The summed E-state index contributed by atoms with van der Waals surface area (Å²) in [7, 11) is 0. The van der Waals surface area contributed by atoms with E-state index in [4.69, 9.17) is 10.5 Å². The van der Waals surface area contributed by atoms with Crippen molar-refractivity contribution in [3.05, 3.63) is 23.9 Å². The van der Waals surface area contributed by atoms with Gasteiger partial charge in [-0.1, -0.05) is 19.9 Å². The van der Waals surface area contributed by atoms with Crippen LogP contribution in [0.15, 0.2) is 18.3 Å². The molecule has 1 atom stereocenters. The third kappa shape index (κ3) is 5.68. The van der Waals surface area contributed by atoms with Crippen molar-refractivity contribution in [2.45, 2.75) is 26.4 Å². The zero-order chi connectivity index (χ0) is 18.2. The van der Waals surface area contributed by atoms with E-state index in [1.165, 1.54) is 0 Å². The van der Waals surface area contributed by atoms with E-state index in [9.17, 15) is 9.59 Å². The summed E-state index contributed by atoms with van der Waals surface area (Å²) in [4.78, 5) is 30.3. The minimum Gasteiger partial charge on any atom is -0.378 e. The van der Waals surface area contributed by atoms with Gasteiger partial charge in [0.1, 0.15) is 5.82 Å². The molecule has 1 aromatic rings. The van der Waals surface area contributed by atoms with Gasteiger partial charge in [-0.3, -0.25) is 9.59 Å². The summed E-state index contributed by atoms with van der Waals surface area (Å²) in [5, 5.41) is 5.37. The van der Waals surface area contributed by atoms with Gasteiger partial charge in [0, 0.05) is 31.4 Å². The molecule has 1 aliphatic heterocycles. The molecule has 0 spiro atoms. The lowest BCUT2D eigenvalue weighted by molar-refractivity contribution is -0.127. The zero-order valence-electron chi connectivity index (χ0n) is 14.8. The van der Waals surface area contributed by atoms with E-state index < -0.39 is 6.04 Å². The summed E-state index contributed by atoms with van der Waals surface area (Å²) in [6, 6.07) is 3.17. The Balaban J connectivity index is 1.84. The van der Waals surface area contributed by atoms with Crippen LogP contribution in [0.1, 0.15) is 19.4 Å². The molecule has 0 unspecified atom stereocenters. The van der Waals surface area contributed by atoms with E-state index in [1.54, 1.807) is 6.20 Å². The van der Waals surface area contributed by atoms with E-state index >= 15 is 0 Å². The van der Waals surface area contributed by atoms with Crippen molar-refractivity contribution in [1.82, 2.24) is 15.6 Å². The number of carbonyl (C=O) groups excluding carboxylic acids is 2. The fourth-order valence-corrected chi connectivity index (χ4v) is 2.47. The van der Waals surface area contributed by atoms with Crippen molar-refractivity contribution in [3.8, 4) is 0 Å². The number of pyridine rings is 1. The van der Waals surface area contributed by atoms with Crippen molar-refractivity contribution >= 4 is 17.6 Å². The number of rotatable bonds is 7. The lowest BCUT2D eigenvalue weighted by Gasteiger charge is -2.29. The number of nitrogens with zero attached hydrogens (tertiary/aromatic N) is 2. The highest BCUT2D eigenvalue weighted by atomic mass is 16.5. The van der Waals surface area contributed by atoms with Crippen LogP contribution in [0.2, 0.25) is 0 Å². The summed E-state index contributed by atoms with van der Waals surface area (Å²) in [6.07, 6.45) is 1.74. The van der Waals surface area contributed by atoms with Gasteiger partial charge in [0.05, 0.1) is 25.8 Å². The molecule has 8 heteroatoms. The minimum atomic E-state index is -0.612. The number of morpholine rings is 1. The highest BCUT2D eigenvalue weighted by Crippen LogP contribution is 2.18. The van der Waals surface area contributed by atoms with Gasteiger partial charge in [0.15, 0.2) is 0 Å². The van der Waals surface area contributed by atoms with Crippen LogP contribution in [-0.4, -0.2) is 55.7 Å². The molecule has 1 saturated heterocycles. The van der Waals surface area contributed by atoms with E-state index in [-0.39, 0.29) is 24.3 Å². The smallest absolute Gasteiger partial charge is 0.239 e. The number of amides is 2. The second-order valence-electron chi connectivity index (χ2n) is 6.35. The Morgan fingerprint density at radius 3 is 2.72 bits per heavy atom. The first-order valence-corrected chi connectivity index (χ1v) is 8.55. The zero-order valence-corrected chi connectivity index (χ0v) is 14.8. The second-order valence-corrected chi connectivity index (χ2v) is 6.35. The molecular formula is C17H27N5O3. The standard InChI is InChI=1S/C17H27N5O3/c1-12(2)15(18)17(24)21-11-14(23)20-10-13-4-3-5-19-16(13)22-6-8-25-9-7-22/h3-5,12,15H,6-11,18H2,1-2H3,(H,20,23)(H,21,24)/t15-/m0/s1. The van der Waals surface area contributed by atoms with E-state index in [2.05, 4.69) is 20.5 Å². The fourth-order valence-electron chi connectivity index (χ4n) is 2.47. The maximum atomic E-state index is 12.0. The summed E-state index contributed by atoms with van der Waals surface area (Å²) >= 11 is 0. The number of nitrogens with two attached hydrogens (primary N) is 1. The molecule has 138 valence electrons. The molecule has 2 amide bonds. The van der Waals surface area contributed by atoms with Crippen LogP contribution in [0.4, 0.5) is 5.82 Å². The van der Waals surface area contributed by atoms with Crippen molar-refractivity contribution in [2.24, 2.45) is 11.7 Å². The summed E-state index contributed by atoms with van der Waals surface area (Å²) in [5.74, 6) is 0.299. The van der Waals surface area contributed by atoms with Gasteiger partial charge in [-0.2, -0.15) is 0 Å². The SMILES string of the molecule is CC(C)[C@H](N)C(=O)NCC(=O)NCc1cccnc1N1CCOCC1. The summed E-state index contributed by atoms with van der Waals surface area (Å²) < 4.78 is 5.36. The quantitative estimate of drug-likeness (QED) is 0.620. The van der Waals surface area contributed by atoms with Crippen LogP contribution in [-0.2, 0) is 20.9 Å². The molecule has 2 rings (SSSR count). The Kier molecular flexibility index (Phi) is 7.15. The van der Waals surface area contributed by atoms with Crippen molar-refractivity contribution in [1.29, 1.82) is 0 Å². The fraction of sp³-hybridized carbons (Fsp3) is 0.588. The predicted octanol–water partition coefficient (Wildman–Crippen LogP) is -0.366. The molecular weight excluding hydrogens is 322 g/mol. The van der Waals surface area contributed by atoms with Crippen LogP contribution >= 0.6 is 0 Å². The molecule has 1 aliphatic rings. The number of aromatic nitrogens is 1. The molecule has 8 nitrogen and oxygen atoms in total. The van der Waals surface area contributed by atoms with Gasteiger partial charge >= 0.3 is 0 Å². The van der Waals surface area contributed by atoms with Crippen LogP contribution < -0.4 is 21.3 Å². The summed E-state index contributed by atoms with van der Waals surface area (Å²) in [5.41, 5.74) is 6.68. The van der Waals surface area contributed by atoms with Crippen molar-refractivity contribution in [2.75, 3.05) is 37.7 Å². The predicted molar refractivity (Wildman–Crippen MR) is 94.9 cm³/mol. The molecule has 0 aliphatic carbocycles. The molecule has 0 radical (unpaired) electrons. The Morgan fingerprint density at radius 2 is 2.04 bits per heavy atom. The number of carbonyl (C=O) groups is 2. The first kappa shape index (κ1) is 19.1. The first-order chi connectivity index (χ1) is 12.0. The minimum absolute atomic E-state index is 0.0227. The van der Waals surface area contributed by atoms with Gasteiger partial charge in [-0.05, 0) is 12.0 Å². The molecule has 4 N–H and O–H groups in total. The molecule has 1 aromatic heterocycles. The Bertz CT molecular complexity index is 587. The first-order valence-electron chi connectivity index (χ1n) is 8.55. The number of anilines is 1. The van der Waals surface area contributed by atoms with E-state index in [1.807, 2.05) is 26.0 Å². The molecule has 1 fully saturated rings. The van der Waals surface area contributed by atoms with Crippen LogP contribution in [0.3, 0.4) is 0 Å². The maximum absolute atomic E-state index is 12.0. The van der Waals surface area contributed by atoms with Gasteiger partial charge in [0.2, 0.25) is 11.8 Å². The van der Waals surface area contributed by atoms with Crippen LogP contribution in [0.25, 0.3) is 0 Å². The van der Waals surface area contributed by atoms with E-state index in [0.29, 0.717) is 19.8 Å². The van der Waals surface area contributed by atoms with Gasteiger partial charge in [-0.25, -0.2) is 4.98 Å². The van der Waals surface area contributed by atoms with Crippen LogP contribution in [0, 0.1) is 5.92 Å². The Hall–Kier alpha value is -2.19. The number of ether oxygens (including phenoxy) is 1. The third-order valence-corrected chi connectivity index (χ3v) is 4.10. The summed E-state index contributed by atoms with van der Waals surface area (Å²) in [6.45, 7) is 6.88. The maximum Gasteiger partial charge on any atom is 0.239 e. The highest BCUT2D eigenvalue weighted by molar-refractivity contribution is 5.87. The van der Waals surface area contributed by atoms with Gasteiger partial charge < -0.3 is 26.0 Å². The average Bonchev–Trinajstić information content (AvgIpc) is 2.64. The Morgan fingerprint density at radius 1 is 1.32 bits per heavy atom. The van der Waals surface area contributed by atoms with Crippen molar-refractivity contribution in [3.63, 3.8) is 0 Å². The average molecular weight is 349 g/mol. The van der Waals surface area contributed by atoms with Gasteiger partial charge in [0.25, 0.3) is 0 Å². The largest absolute Gasteiger partial charge is 0.378 e. The Labute approximate surface area is 148 Å². The second kappa shape index (κ2) is 9.33. The highest BCUT2D eigenvalue weighted by Gasteiger charge is 2.18. The normalized spacial score (nSPS) is 15.8. The third-order valence-electron chi connectivity index (χ3n) is 4.10. The van der Waals surface area contributed by atoms with Gasteiger partial charge in [-0.15, -0.1) is 0 Å². The molecule has 0 bridgehead atoms.